The van der Waals surface area contributed by atoms with Crippen LogP contribution in [0.25, 0.3) is 0 Å². The highest BCUT2D eigenvalue weighted by Gasteiger charge is 2.34. The number of ether oxygens (including phenoxy) is 5. The van der Waals surface area contributed by atoms with Crippen molar-refractivity contribution in [2.45, 2.75) is 51.9 Å². The average molecular weight is 620 g/mol. The first-order valence-corrected chi connectivity index (χ1v) is 14.2. The first-order valence-electron chi connectivity index (χ1n) is 14.2. The van der Waals surface area contributed by atoms with Gasteiger partial charge in [-0.1, -0.05) is 18.2 Å². The SMILES string of the molecule is COc1cc2c(c(OC)c1OC)C(=O)CC(c1cccc(NC(=O)c3cccc(NC(=O)[C@H](C)NC(=O)OC(C)(C)C)c3)c1)O2. The van der Waals surface area contributed by atoms with Crippen molar-refractivity contribution >= 4 is 35.1 Å². The van der Waals surface area contributed by atoms with E-state index >= 15 is 0 Å². The molecule has 2 atom stereocenters. The highest BCUT2D eigenvalue weighted by Crippen LogP contribution is 2.49. The second-order valence-corrected chi connectivity index (χ2v) is 11.3. The van der Waals surface area contributed by atoms with Crippen molar-refractivity contribution < 1.29 is 42.9 Å². The largest absolute Gasteiger partial charge is 0.493 e. The minimum absolute atomic E-state index is 0.0409. The van der Waals surface area contributed by atoms with Crippen molar-refractivity contribution in [3.63, 3.8) is 0 Å². The van der Waals surface area contributed by atoms with Crippen LogP contribution in [0.2, 0.25) is 0 Å². The summed E-state index contributed by atoms with van der Waals surface area (Å²) in [5.74, 6) is 0.101. The molecule has 238 valence electrons. The summed E-state index contributed by atoms with van der Waals surface area (Å²) in [5, 5.41) is 8.02. The topological polar surface area (TPSA) is 151 Å². The van der Waals surface area contributed by atoms with E-state index in [1.807, 2.05) is 0 Å². The van der Waals surface area contributed by atoms with Crippen LogP contribution in [-0.4, -0.2) is 56.7 Å². The molecule has 1 unspecified atom stereocenters. The third-order valence-electron chi connectivity index (χ3n) is 6.75. The fraction of sp³-hybridized carbons (Fsp3) is 0.333. The summed E-state index contributed by atoms with van der Waals surface area (Å²) in [6.07, 6.45) is -1.30. The molecule has 0 radical (unpaired) electrons. The number of alkyl carbamates (subject to hydrolysis) is 1. The molecule has 1 heterocycles. The Hall–Kier alpha value is -5.26. The number of hydrogen-bond acceptors (Lipinski definition) is 9. The Bertz CT molecular complexity index is 1610. The predicted octanol–water partition coefficient (Wildman–Crippen LogP) is 5.52. The standard InChI is InChI=1S/C33H37N3O9/c1-18(34-32(40)45-33(2,3)4)30(38)35-22-13-9-11-20(15-22)31(39)36-21-12-8-10-19(14-21)24-16-23(37)27-25(44-24)17-26(41-5)28(42-6)29(27)43-7/h8-15,17-18,24H,16H2,1-7H3,(H,34,40)(H,35,38)(H,36,39)/t18-,24?/m0/s1. The third-order valence-corrected chi connectivity index (χ3v) is 6.75. The fourth-order valence-corrected chi connectivity index (χ4v) is 4.70. The van der Waals surface area contributed by atoms with E-state index in [0.717, 1.165) is 0 Å². The van der Waals surface area contributed by atoms with Crippen molar-refractivity contribution in [2.75, 3.05) is 32.0 Å². The molecule has 3 N–H and O–H groups in total. The summed E-state index contributed by atoms with van der Waals surface area (Å²) < 4.78 is 27.7. The van der Waals surface area contributed by atoms with Crippen LogP contribution >= 0.6 is 0 Å². The van der Waals surface area contributed by atoms with Gasteiger partial charge in [-0.25, -0.2) is 4.79 Å². The first-order chi connectivity index (χ1) is 21.3. The number of amides is 3. The maximum atomic E-state index is 13.2. The molecule has 0 fully saturated rings. The van der Waals surface area contributed by atoms with Crippen LogP contribution in [0, 0.1) is 0 Å². The number of carbonyl (C=O) groups is 4. The Labute approximate surface area is 261 Å². The zero-order chi connectivity index (χ0) is 32.9. The van der Waals surface area contributed by atoms with Crippen LogP contribution in [0.1, 0.15) is 66.5 Å². The van der Waals surface area contributed by atoms with E-state index in [0.29, 0.717) is 34.2 Å². The fourth-order valence-electron chi connectivity index (χ4n) is 4.70. The Morgan fingerprint density at radius 1 is 0.889 bits per heavy atom. The molecule has 0 bridgehead atoms. The second-order valence-electron chi connectivity index (χ2n) is 11.3. The molecule has 12 nitrogen and oxygen atoms in total. The van der Waals surface area contributed by atoms with E-state index < -0.39 is 35.7 Å². The van der Waals surface area contributed by atoms with Crippen LogP contribution in [0.5, 0.6) is 23.0 Å². The van der Waals surface area contributed by atoms with Crippen molar-refractivity contribution in [3.05, 3.63) is 71.3 Å². The summed E-state index contributed by atoms with van der Waals surface area (Å²) >= 11 is 0. The van der Waals surface area contributed by atoms with Gasteiger partial charge in [-0.05, 0) is 63.6 Å². The Kier molecular flexibility index (Phi) is 9.85. The zero-order valence-corrected chi connectivity index (χ0v) is 26.2. The molecule has 4 rings (SSSR count). The van der Waals surface area contributed by atoms with Gasteiger partial charge >= 0.3 is 6.09 Å². The van der Waals surface area contributed by atoms with E-state index in [4.69, 9.17) is 23.7 Å². The van der Waals surface area contributed by atoms with Gasteiger partial charge in [-0.15, -0.1) is 0 Å². The minimum atomic E-state index is -0.884. The molecule has 3 aromatic carbocycles. The molecular formula is C33H37N3O9. The highest BCUT2D eigenvalue weighted by atomic mass is 16.6. The molecule has 0 spiro atoms. The molecule has 1 aliphatic rings. The maximum Gasteiger partial charge on any atom is 0.408 e. The Balaban J connectivity index is 1.45. The average Bonchev–Trinajstić information content (AvgIpc) is 2.99. The lowest BCUT2D eigenvalue weighted by Crippen LogP contribution is -2.44. The number of ketones is 1. The molecule has 1 aliphatic heterocycles. The van der Waals surface area contributed by atoms with E-state index in [-0.39, 0.29) is 29.1 Å². The first kappa shape index (κ1) is 32.6. The molecule has 12 heteroatoms. The van der Waals surface area contributed by atoms with Gasteiger partial charge in [-0.2, -0.15) is 0 Å². The Morgan fingerprint density at radius 2 is 1.56 bits per heavy atom. The lowest BCUT2D eigenvalue weighted by atomic mass is 9.94. The van der Waals surface area contributed by atoms with Gasteiger partial charge in [0.05, 0.1) is 27.8 Å². The van der Waals surface area contributed by atoms with Crippen molar-refractivity contribution in [2.24, 2.45) is 0 Å². The van der Waals surface area contributed by atoms with E-state index in [1.165, 1.54) is 34.3 Å². The van der Waals surface area contributed by atoms with Gasteiger partial charge in [-0.3, -0.25) is 14.4 Å². The molecule has 0 aliphatic carbocycles. The van der Waals surface area contributed by atoms with Crippen molar-refractivity contribution in [1.82, 2.24) is 5.32 Å². The number of anilines is 2. The maximum absolute atomic E-state index is 13.2. The van der Waals surface area contributed by atoms with Gasteiger partial charge < -0.3 is 39.6 Å². The summed E-state index contributed by atoms with van der Waals surface area (Å²) in [5.41, 5.74) is 1.39. The lowest BCUT2D eigenvalue weighted by molar-refractivity contribution is -0.117. The van der Waals surface area contributed by atoms with Gasteiger partial charge in [0.25, 0.3) is 5.91 Å². The summed E-state index contributed by atoms with van der Waals surface area (Å²) in [7, 11) is 4.38. The minimum Gasteiger partial charge on any atom is -0.493 e. The lowest BCUT2D eigenvalue weighted by Gasteiger charge is -2.28. The van der Waals surface area contributed by atoms with Crippen molar-refractivity contribution in [3.8, 4) is 23.0 Å². The number of fused-ring (bicyclic) bond motifs is 1. The molecule has 45 heavy (non-hydrogen) atoms. The number of Topliss-reactive ketones (excluding diaryl/α,β-unsaturated/α-hetero) is 1. The molecule has 0 saturated carbocycles. The van der Waals surface area contributed by atoms with Crippen LogP contribution in [0.3, 0.4) is 0 Å². The zero-order valence-electron chi connectivity index (χ0n) is 26.2. The van der Waals surface area contributed by atoms with Gasteiger partial charge in [0.2, 0.25) is 11.7 Å². The van der Waals surface area contributed by atoms with Crippen molar-refractivity contribution in [1.29, 1.82) is 0 Å². The summed E-state index contributed by atoms with van der Waals surface area (Å²) in [6.45, 7) is 6.69. The van der Waals surface area contributed by atoms with Crippen LogP contribution in [0.15, 0.2) is 54.6 Å². The van der Waals surface area contributed by atoms with Crippen LogP contribution < -0.4 is 34.9 Å². The number of benzene rings is 3. The number of methoxy groups -OCH3 is 3. The molecule has 0 aromatic heterocycles. The van der Waals surface area contributed by atoms with E-state index in [9.17, 15) is 19.2 Å². The molecular weight excluding hydrogens is 582 g/mol. The number of hydrogen-bond donors (Lipinski definition) is 3. The summed E-state index contributed by atoms with van der Waals surface area (Å²) in [4.78, 5) is 51.0. The van der Waals surface area contributed by atoms with Gasteiger partial charge in [0.15, 0.2) is 17.3 Å². The number of carbonyl (C=O) groups excluding carboxylic acids is 4. The highest BCUT2D eigenvalue weighted by molar-refractivity contribution is 6.06. The Morgan fingerprint density at radius 3 is 2.20 bits per heavy atom. The molecule has 3 aromatic rings. The van der Waals surface area contributed by atoms with Crippen LogP contribution in [-0.2, 0) is 9.53 Å². The molecule has 3 amide bonds. The summed E-state index contributed by atoms with van der Waals surface area (Å²) in [6, 6.07) is 14.1. The quantitative estimate of drug-likeness (QED) is 0.281. The van der Waals surface area contributed by atoms with E-state index in [2.05, 4.69) is 16.0 Å². The second kappa shape index (κ2) is 13.6. The number of nitrogens with one attached hydrogen (secondary N) is 3. The third kappa shape index (κ3) is 7.83. The smallest absolute Gasteiger partial charge is 0.408 e. The van der Waals surface area contributed by atoms with Gasteiger partial charge in [0, 0.05) is 23.0 Å². The molecule has 0 saturated heterocycles. The normalized spacial score (nSPS) is 14.6. The predicted molar refractivity (Wildman–Crippen MR) is 167 cm³/mol. The van der Waals surface area contributed by atoms with Gasteiger partial charge in [0.1, 0.15) is 29.1 Å². The number of rotatable bonds is 9. The van der Waals surface area contributed by atoms with E-state index in [1.54, 1.807) is 69.3 Å². The van der Waals surface area contributed by atoms with Crippen LogP contribution in [0.4, 0.5) is 16.2 Å². The monoisotopic (exact) mass is 619 g/mol.